The van der Waals surface area contributed by atoms with Crippen molar-refractivity contribution in [2.75, 3.05) is 16.3 Å². The molecule has 0 unspecified atom stereocenters. The highest BCUT2D eigenvalue weighted by molar-refractivity contribution is 7.92. The molecule has 1 aromatic heterocycles. The molecule has 0 saturated carbocycles. The molecule has 10 nitrogen and oxygen atoms in total. The standard InChI is InChI=1S/C25H20N4O6S3/c1-37(32,33)29-17-9-6-15(7-10-17)25-27-14-18(36-25)13-26-23(30)16-8-11-22-20(12-16)28-24(31)19-4-2-3-5-21(19)38(22,34)35/h2-12,14,29H,13H2,1H3,(H,26,30)(H,28,31). The number of fused-ring (bicyclic) bond motifs is 2. The van der Waals surface area contributed by atoms with Gasteiger partial charge in [-0.1, -0.05) is 12.1 Å². The molecule has 0 bridgehead atoms. The van der Waals surface area contributed by atoms with Crippen LogP contribution in [0.25, 0.3) is 10.6 Å². The zero-order chi connectivity index (χ0) is 27.1. The van der Waals surface area contributed by atoms with Crippen LogP contribution in [0.15, 0.2) is 82.7 Å². The van der Waals surface area contributed by atoms with Crippen molar-refractivity contribution in [3.05, 3.63) is 88.9 Å². The summed E-state index contributed by atoms with van der Waals surface area (Å²) in [4.78, 5) is 30.4. The maximum absolute atomic E-state index is 13.1. The summed E-state index contributed by atoms with van der Waals surface area (Å²) in [5, 5.41) is 6.07. The molecular weight excluding hydrogens is 548 g/mol. The minimum Gasteiger partial charge on any atom is -0.347 e. The number of nitrogens with one attached hydrogen (secondary N) is 3. The molecule has 38 heavy (non-hydrogen) atoms. The van der Waals surface area contributed by atoms with Crippen molar-refractivity contribution in [2.45, 2.75) is 16.3 Å². The first-order chi connectivity index (χ1) is 18.0. The van der Waals surface area contributed by atoms with Crippen LogP contribution < -0.4 is 15.4 Å². The van der Waals surface area contributed by atoms with Crippen LogP contribution in [0.4, 0.5) is 11.4 Å². The van der Waals surface area contributed by atoms with E-state index in [9.17, 15) is 26.4 Å². The van der Waals surface area contributed by atoms with Gasteiger partial charge in [-0.3, -0.25) is 14.3 Å². The highest BCUT2D eigenvalue weighted by atomic mass is 32.2. The molecule has 0 spiro atoms. The zero-order valence-electron chi connectivity index (χ0n) is 19.8. The fourth-order valence-electron chi connectivity index (χ4n) is 3.89. The molecule has 194 valence electrons. The molecule has 2 heterocycles. The average molecular weight is 569 g/mol. The SMILES string of the molecule is CS(=O)(=O)Nc1ccc(-c2ncc(CNC(=O)c3ccc4c(c3)NC(=O)c3ccccc3S4(=O)=O)s2)cc1. The second kappa shape index (κ2) is 9.67. The monoisotopic (exact) mass is 568 g/mol. The first kappa shape index (κ1) is 25.6. The van der Waals surface area contributed by atoms with Gasteiger partial charge in [0.15, 0.2) is 0 Å². The fourth-order valence-corrected chi connectivity index (χ4v) is 6.90. The number of amides is 2. The van der Waals surface area contributed by atoms with Gasteiger partial charge in [0.05, 0.1) is 33.8 Å². The van der Waals surface area contributed by atoms with Gasteiger partial charge in [-0.05, 0) is 54.6 Å². The summed E-state index contributed by atoms with van der Waals surface area (Å²) in [6.07, 6.45) is 2.70. The van der Waals surface area contributed by atoms with Crippen LogP contribution >= 0.6 is 11.3 Å². The largest absolute Gasteiger partial charge is 0.347 e. The number of hydrogen-bond donors (Lipinski definition) is 3. The van der Waals surface area contributed by atoms with Crippen LogP contribution in [0.2, 0.25) is 0 Å². The van der Waals surface area contributed by atoms with E-state index in [2.05, 4.69) is 20.3 Å². The molecule has 0 radical (unpaired) electrons. The van der Waals surface area contributed by atoms with Crippen LogP contribution in [0, 0.1) is 0 Å². The quantitative estimate of drug-likeness (QED) is 0.322. The molecule has 0 saturated heterocycles. The number of sulfone groups is 1. The normalized spacial score (nSPS) is 14.0. The number of carbonyl (C=O) groups excluding carboxylic acids is 2. The number of nitrogens with zero attached hydrogens (tertiary/aromatic N) is 1. The number of benzene rings is 3. The number of sulfonamides is 1. The summed E-state index contributed by atoms with van der Waals surface area (Å²) < 4.78 is 51.4. The second-order valence-electron chi connectivity index (χ2n) is 8.43. The van der Waals surface area contributed by atoms with E-state index in [1.807, 2.05) is 0 Å². The lowest BCUT2D eigenvalue weighted by atomic mass is 10.1. The van der Waals surface area contributed by atoms with Crippen molar-refractivity contribution < 1.29 is 26.4 Å². The Bertz CT molecular complexity index is 1800. The summed E-state index contributed by atoms with van der Waals surface area (Å²) in [6, 6.07) is 16.8. The molecule has 5 rings (SSSR count). The summed E-state index contributed by atoms with van der Waals surface area (Å²) in [5.74, 6) is -1.02. The Labute approximate surface area is 222 Å². The molecule has 3 N–H and O–H groups in total. The van der Waals surface area contributed by atoms with Gasteiger partial charge in [-0.15, -0.1) is 11.3 Å². The smallest absolute Gasteiger partial charge is 0.257 e. The van der Waals surface area contributed by atoms with E-state index >= 15 is 0 Å². The van der Waals surface area contributed by atoms with E-state index in [-0.39, 0.29) is 33.2 Å². The van der Waals surface area contributed by atoms with Gasteiger partial charge in [0.1, 0.15) is 5.01 Å². The Morgan fingerprint density at radius 3 is 2.50 bits per heavy atom. The van der Waals surface area contributed by atoms with Gasteiger partial charge < -0.3 is 10.6 Å². The van der Waals surface area contributed by atoms with E-state index in [4.69, 9.17) is 0 Å². The Balaban J connectivity index is 1.30. The number of anilines is 2. The van der Waals surface area contributed by atoms with Crippen LogP contribution in [-0.4, -0.2) is 39.9 Å². The maximum Gasteiger partial charge on any atom is 0.257 e. The molecule has 2 amide bonds. The molecule has 3 aromatic carbocycles. The number of thiazole rings is 1. The van der Waals surface area contributed by atoms with E-state index in [1.165, 1.54) is 41.7 Å². The van der Waals surface area contributed by atoms with E-state index in [1.54, 1.807) is 42.6 Å². The third kappa shape index (κ3) is 5.16. The molecule has 0 aliphatic carbocycles. The first-order valence-corrected chi connectivity index (χ1v) is 15.3. The number of rotatable bonds is 6. The predicted octanol–water partition coefficient (Wildman–Crippen LogP) is 3.51. The Morgan fingerprint density at radius 1 is 1.03 bits per heavy atom. The molecule has 0 fully saturated rings. The van der Waals surface area contributed by atoms with E-state index in [0.717, 1.165) is 16.7 Å². The van der Waals surface area contributed by atoms with Gasteiger partial charge in [-0.25, -0.2) is 21.8 Å². The van der Waals surface area contributed by atoms with Gasteiger partial charge in [-0.2, -0.15) is 0 Å². The zero-order valence-corrected chi connectivity index (χ0v) is 22.2. The van der Waals surface area contributed by atoms with Crippen molar-refractivity contribution in [1.82, 2.24) is 10.3 Å². The summed E-state index contributed by atoms with van der Waals surface area (Å²) in [5.41, 5.74) is 1.48. The molecule has 1 aliphatic heterocycles. The van der Waals surface area contributed by atoms with Crippen LogP contribution in [0.5, 0.6) is 0 Å². The fraction of sp³-hybridized carbons (Fsp3) is 0.0800. The highest BCUT2D eigenvalue weighted by Gasteiger charge is 2.31. The van der Waals surface area contributed by atoms with E-state index < -0.39 is 31.7 Å². The van der Waals surface area contributed by atoms with Crippen molar-refractivity contribution in [3.8, 4) is 10.6 Å². The highest BCUT2D eigenvalue weighted by Crippen LogP contribution is 2.34. The minimum absolute atomic E-state index is 0.0349. The topological polar surface area (TPSA) is 151 Å². The third-order valence-corrected chi connectivity index (χ3v) is 9.14. The molecular formula is C25H20N4O6S3. The summed E-state index contributed by atoms with van der Waals surface area (Å²) >= 11 is 1.36. The lowest BCUT2D eigenvalue weighted by molar-refractivity contribution is 0.0949. The van der Waals surface area contributed by atoms with Gasteiger partial charge in [0.25, 0.3) is 11.8 Å². The number of carbonyl (C=O) groups is 2. The minimum atomic E-state index is -3.96. The molecule has 4 aromatic rings. The third-order valence-electron chi connectivity index (χ3n) is 5.61. The molecule has 0 atom stereocenters. The first-order valence-electron chi connectivity index (χ1n) is 11.1. The summed E-state index contributed by atoms with van der Waals surface area (Å²) in [7, 11) is -7.33. The average Bonchev–Trinajstić information content (AvgIpc) is 3.33. The van der Waals surface area contributed by atoms with Gasteiger partial charge in [0.2, 0.25) is 19.9 Å². The van der Waals surface area contributed by atoms with Crippen LogP contribution in [0.1, 0.15) is 25.6 Å². The lowest BCUT2D eigenvalue weighted by Crippen LogP contribution is -2.22. The van der Waals surface area contributed by atoms with Crippen molar-refractivity contribution in [2.24, 2.45) is 0 Å². The van der Waals surface area contributed by atoms with Crippen molar-refractivity contribution in [3.63, 3.8) is 0 Å². The Morgan fingerprint density at radius 2 is 1.76 bits per heavy atom. The molecule has 1 aliphatic rings. The van der Waals surface area contributed by atoms with Crippen molar-refractivity contribution >= 4 is 54.4 Å². The van der Waals surface area contributed by atoms with Crippen LogP contribution in [-0.2, 0) is 26.4 Å². The number of aromatic nitrogens is 1. The van der Waals surface area contributed by atoms with E-state index in [0.29, 0.717) is 10.7 Å². The second-order valence-corrected chi connectivity index (χ2v) is 13.2. The number of hydrogen-bond acceptors (Lipinski definition) is 8. The summed E-state index contributed by atoms with van der Waals surface area (Å²) in [6.45, 7) is 0.178. The predicted molar refractivity (Wildman–Crippen MR) is 143 cm³/mol. The van der Waals surface area contributed by atoms with Gasteiger partial charge >= 0.3 is 0 Å². The Kier molecular flexibility index (Phi) is 6.51. The Hall–Kier alpha value is -4.07. The van der Waals surface area contributed by atoms with Gasteiger partial charge in [0, 0.05) is 27.9 Å². The maximum atomic E-state index is 13.1. The lowest BCUT2D eigenvalue weighted by Gasteiger charge is -2.10. The van der Waals surface area contributed by atoms with Crippen molar-refractivity contribution in [1.29, 1.82) is 0 Å². The molecule has 13 heteroatoms. The van der Waals surface area contributed by atoms with Crippen LogP contribution in [0.3, 0.4) is 0 Å².